The molecule has 0 spiro atoms. The average molecular weight is 477 g/mol. The molecule has 0 bridgehead atoms. The van der Waals surface area contributed by atoms with Crippen LogP contribution in [-0.4, -0.2) is 62.3 Å². The van der Waals surface area contributed by atoms with E-state index in [2.05, 4.69) is 22.3 Å². The zero-order valence-electron chi connectivity index (χ0n) is 19.6. The number of carbonyl (C=O) groups excluding carboxylic acids is 4. The maximum atomic E-state index is 13.3. The van der Waals surface area contributed by atoms with Gasteiger partial charge in [0.15, 0.2) is 0 Å². The molecule has 2 aromatic rings. The van der Waals surface area contributed by atoms with E-state index in [1.165, 1.54) is 0 Å². The zero-order valence-corrected chi connectivity index (χ0v) is 19.6. The number of anilines is 1. The molecule has 4 amide bonds. The van der Waals surface area contributed by atoms with Gasteiger partial charge in [-0.3, -0.25) is 28.8 Å². The zero-order chi connectivity index (χ0) is 24.7. The Morgan fingerprint density at radius 3 is 2.83 bits per heavy atom. The standard InChI is InChI=1S/C25H28N6O4/c1-15-8-9-21(23(33)28-15)31-24(34)19-6-3-7-20(22(19)25(31)35)26-11-17-12-27-30(13-17)18-5-4-10-29(14-18)16(2)32/h3,6-7,12-13,18,21,26H,1,4-5,8-11,14H2,2H3,(H,28,33). The van der Waals surface area contributed by atoms with Crippen molar-refractivity contribution in [2.75, 3.05) is 18.4 Å². The molecule has 35 heavy (non-hydrogen) atoms. The predicted octanol–water partition coefficient (Wildman–Crippen LogP) is 2.07. The van der Waals surface area contributed by atoms with Crippen LogP contribution in [-0.2, 0) is 16.1 Å². The third-order valence-corrected chi connectivity index (χ3v) is 6.93. The number of likely N-dealkylation sites (tertiary alicyclic amines) is 1. The van der Waals surface area contributed by atoms with Crippen LogP contribution < -0.4 is 10.6 Å². The van der Waals surface area contributed by atoms with Gasteiger partial charge in [0.05, 0.1) is 23.4 Å². The number of allylic oxidation sites excluding steroid dienone is 1. The van der Waals surface area contributed by atoms with Gasteiger partial charge in [-0.25, -0.2) is 0 Å². The summed E-state index contributed by atoms with van der Waals surface area (Å²) in [5.41, 5.74) is 2.62. The van der Waals surface area contributed by atoms with Crippen molar-refractivity contribution in [3.05, 3.63) is 59.6 Å². The largest absolute Gasteiger partial charge is 0.380 e. The molecule has 0 radical (unpaired) electrons. The minimum absolute atomic E-state index is 0.0746. The molecule has 1 aromatic heterocycles. The van der Waals surface area contributed by atoms with E-state index in [4.69, 9.17) is 0 Å². The first kappa shape index (κ1) is 22.8. The molecule has 3 aliphatic heterocycles. The maximum Gasteiger partial charge on any atom is 0.264 e. The predicted molar refractivity (Wildman–Crippen MR) is 127 cm³/mol. The lowest BCUT2D eigenvalue weighted by Crippen LogP contribution is -2.51. The summed E-state index contributed by atoms with van der Waals surface area (Å²) < 4.78 is 1.90. The summed E-state index contributed by atoms with van der Waals surface area (Å²) >= 11 is 0. The van der Waals surface area contributed by atoms with Crippen LogP contribution >= 0.6 is 0 Å². The van der Waals surface area contributed by atoms with Gasteiger partial charge in [-0.2, -0.15) is 5.10 Å². The van der Waals surface area contributed by atoms with Crippen molar-refractivity contribution in [2.24, 2.45) is 0 Å². The summed E-state index contributed by atoms with van der Waals surface area (Å²) in [5, 5.41) is 10.4. The van der Waals surface area contributed by atoms with Gasteiger partial charge in [0, 0.05) is 49.7 Å². The first-order chi connectivity index (χ1) is 16.8. The molecule has 10 nitrogen and oxygen atoms in total. The molecule has 0 saturated carbocycles. The molecule has 2 N–H and O–H groups in total. The van der Waals surface area contributed by atoms with Crippen LogP contribution in [0.2, 0.25) is 0 Å². The first-order valence-electron chi connectivity index (χ1n) is 11.9. The Balaban J connectivity index is 1.30. The van der Waals surface area contributed by atoms with Gasteiger partial charge < -0.3 is 15.5 Å². The minimum atomic E-state index is -0.843. The summed E-state index contributed by atoms with van der Waals surface area (Å²) in [5.74, 6) is -1.24. The molecule has 3 aliphatic rings. The summed E-state index contributed by atoms with van der Waals surface area (Å²) in [6.07, 6.45) is 6.49. The lowest BCUT2D eigenvalue weighted by atomic mass is 10.0. The van der Waals surface area contributed by atoms with Gasteiger partial charge >= 0.3 is 0 Å². The summed E-state index contributed by atoms with van der Waals surface area (Å²) in [4.78, 5) is 53.4. The highest BCUT2D eigenvalue weighted by molar-refractivity contribution is 6.25. The number of hydrogen-bond donors (Lipinski definition) is 2. The van der Waals surface area contributed by atoms with Gasteiger partial charge in [-0.05, 0) is 37.8 Å². The van der Waals surface area contributed by atoms with E-state index < -0.39 is 17.9 Å². The van der Waals surface area contributed by atoms with Crippen LogP contribution in [0.1, 0.15) is 64.9 Å². The van der Waals surface area contributed by atoms with Gasteiger partial charge in [-0.15, -0.1) is 0 Å². The van der Waals surface area contributed by atoms with Crippen molar-refractivity contribution in [3.8, 4) is 0 Å². The number of benzene rings is 1. The normalized spacial score (nSPS) is 22.3. The van der Waals surface area contributed by atoms with Crippen molar-refractivity contribution in [3.63, 3.8) is 0 Å². The quantitative estimate of drug-likeness (QED) is 0.638. The number of imide groups is 1. The van der Waals surface area contributed by atoms with Crippen molar-refractivity contribution in [2.45, 2.75) is 51.2 Å². The lowest BCUT2D eigenvalue weighted by molar-refractivity contribution is -0.130. The molecule has 10 heteroatoms. The minimum Gasteiger partial charge on any atom is -0.380 e. The molecule has 0 aliphatic carbocycles. The molecule has 2 fully saturated rings. The Hall–Kier alpha value is -3.95. The number of aromatic nitrogens is 2. The maximum absolute atomic E-state index is 13.3. The number of rotatable bonds is 5. The third-order valence-electron chi connectivity index (χ3n) is 6.93. The fraction of sp³-hybridized carbons (Fsp3) is 0.400. The number of fused-ring (bicyclic) bond motifs is 1. The van der Waals surface area contributed by atoms with E-state index in [-0.39, 0.29) is 23.4 Å². The Bertz CT molecular complexity index is 1230. The summed E-state index contributed by atoms with van der Waals surface area (Å²) in [6.45, 7) is 7.18. The van der Waals surface area contributed by atoms with E-state index in [0.29, 0.717) is 42.9 Å². The highest BCUT2D eigenvalue weighted by atomic mass is 16.2. The van der Waals surface area contributed by atoms with E-state index in [0.717, 1.165) is 29.8 Å². The number of nitrogens with zero attached hydrogens (tertiary/aromatic N) is 4. The SMILES string of the molecule is C=C1CCC(N2C(=O)c3cccc(NCc4cnn(C5CCCN(C(C)=O)C5)c4)c3C2=O)C(=O)N1. The molecule has 2 atom stereocenters. The second-order valence-electron chi connectivity index (χ2n) is 9.30. The number of piperidine rings is 2. The Morgan fingerprint density at radius 1 is 1.23 bits per heavy atom. The third kappa shape index (κ3) is 4.20. The van der Waals surface area contributed by atoms with Crippen molar-refractivity contribution < 1.29 is 19.2 Å². The second kappa shape index (κ2) is 9.01. The smallest absolute Gasteiger partial charge is 0.264 e. The fourth-order valence-electron chi connectivity index (χ4n) is 5.06. The number of amides is 4. The molecular weight excluding hydrogens is 448 g/mol. The average Bonchev–Trinajstić information content (AvgIpc) is 3.42. The number of hydrogen-bond acceptors (Lipinski definition) is 6. The van der Waals surface area contributed by atoms with Crippen molar-refractivity contribution >= 4 is 29.3 Å². The Labute approximate surface area is 202 Å². The van der Waals surface area contributed by atoms with Crippen LogP contribution in [0.4, 0.5) is 5.69 Å². The van der Waals surface area contributed by atoms with Crippen molar-refractivity contribution in [1.29, 1.82) is 0 Å². The van der Waals surface area contributed by atoms with Gasteiger partial charge in [-0.1, -0.05) is 12.6 Å². The Morgan fingerprint density at radius 2 is 2.06 bits per heavy atom. The van der Waals surface area contributed by atoms with Crippen molar-refractivity contribution in [1.82, 2.24) is 24.9 Å². The van der Waals surface area contributed by atoms with Crippen LogP contribution in [0.15, 0.2) is 42.9 Å². The van der Waals surface area contributed by atoms with E-state index in [1.807, 2.05) is 15.8 Å². The topological polar surface area (TPSA) is 117 Å². The van der Waals surface area contributed by atoms with Crippen LogP contribution in [0.3, 0.4) is 0 Å². The molecule has 182 valence electrons. The highest BCUT2D eigenvalue weighted by Crippen LogP contribution is 2.33. The monoisotopic (exact) mass is 476 g/mol. The molecule has 4 heterocycles. The number of carbonyl (C=O) groups is 4. The number of nitrogens with one attached hydrogen (secondary N) is 2. The van der Waals surface area contributed by atoms with Gasteiger partial charge in [0.25, 0.3) is 11.8 Å². The molecule has 2 unspecified atom stereocenters. The van der Waals surface area contributed by atoms with Gasteiger partial charge in [0.1, 0.15) is 6.04 Å². The van der Waals surface area contributed by atoms with E-state index >= 15 is 0 Å². The van der Waals surface area contributed by atoms with Crippen LogP contribution in [0.25, 0.3) is 0 Å². The van der Waals surface area contributed by atoms with E-state index in [1.54, 1.807) is 31.3 Å². The molecule has 5 rings (SSSR count). The highest BCUT2D eigenvalue weighted by Gasteiger charge is 2.45. The summed E-state index contributed by atoms with van der Waals surface area (Å²) in [6, 6.07) is 4.38. The summed E-state index contributed by atoms with van der Waals surface area (Å²) in [7, 11) is 0. The van der Waals surface area contributed by atoms with Crippen LogP contribution in [0, 0.1) is 0 Å². The molecule has 2 saturated heterocycles. The second-order valence-corrected chi connectivity index (χ2v) is 9.30. The first-order valence-corrected chi connectivity index (χ1v) is 11.9. The lowest BCUT2D eigenvalue weighted by Gasteiger charge is -2.32. The fourth-order valence-corrected chi connectivity index (χ4v) is 5.06. The molecule has 1 aromatic carbocycles. The van der Waals surface area contributed by atoms with Gasteiger partial charge in [0.2, 0.25) is 11.8 Å². The molecular formula is C25H28N6O4. The van der Waals surface area contributed by atoms with E-state index in [9.17, 15) is 19.2 Å². The van der Waals surface area contributed by atoms with Crippen LogP contribution in [0.5, 0.6) is 0 Å². The Kier molecular flexibility index (Phi) is 5.88.